The number of aryl methyl sites for hydroxylation is 1. The van der Waals surface area contributed by atoms with E-state index in [-0.39, 0.29) is 18.0 Å². The lowest BCUT2D eigenvalue weighted by molar-refractivity contribution is -0.115. The minimum atomic E-state index is -0.0859. The van der Waals surface area contributed by atoms with Crippen molar-refractivity contribution in [1.29, 1.82) is 0 Å². The third-order valence-corrected chi connectivity index (χ3v) is 6.60. The number of carbonyl (C=O) groups excluding carboxylic acids is 1. The molecule has 1 aliphatic heterocycles. The summed E-state index contributed by atoms with van der Waals surface area (Å²) >= 11 is 7.52. The lowest BCUT2D eigenvalue weighted by Crippen LogP contribution is -2.29. The number of hydrogen-bond acceptors (Lipinski definition) is 5. The van der Waals surface area contributed by atoms with Gasteiger partial charge in [0.25, 0.3) is 0 Å². The molecule has 1 aromatic carbocycles. The fourth-order valence-electron chi connectivity index (χ4n) is 3.71. The summed E-state index contributed by atoms with van der Waals surface area (Å²) in [7, 11) is 1.60. The fourth-order valence-corrected chi connectivity index (χ4v) is 5.06. The van der Waals surface area contributed by atoms with Gasteiger partial charge in [0.1, 0.15) is 5.75 Å². The van der Waals surface area contributed by atoms with E-state index in [4.69, 9.17) is 17.0 Å². The molecular weight excluding hydrogens is 428 g/mol. The van der Waals surface area contributed by atoms with E-state index in [9.17, 15) is 4.79 Å². The van der Waals surface area contributed by atoms with Gasteiger partial charge >= 0.3 is 0 Å². The number of thiocarbonyl (C=S) groups is 1. The number of anilines is 2. The molecule has 4 rings (SSSR count). The van der Waals surface area contributed by atoms with Crippen molar-refractivity contribution in [2.75, 3.05) is 17.3 Å². The summed E-state index contributed by atoms with van der Waals surface area (Å²) in [5.74, 6) is 0.524. The number of amides is 1. The number of benzene rings is 1. The number of nitrogens with zero attached hydrogens (tertiary/aromatic N) is 2. The lowest BCUT2D eigenvalue weighted by atomic mass is 10.0. The summed E-state index contributed by atoms with van der Waals surface area (Å²) in [5, 5.41) is 6.97. The van der Waals surface area contributed by atoms with E-state index in [1.165, 1.54) is 9.75 Å². The van der Waals surface area contributed by atoms with Crippen LogP contribution in [0.3, 0.4) is 0 Å². The van der Waals surface area contributed by atoms with Gasteiger partial charge in [-0.2, -0.15) is 0 Å². The molecule has 6 nitrogen and oxygen atoms in total. The maximum atomic E-state index is 11.9. The molecule has 2 unspecified atom stereocenters. The molecule has 2 N–H and O–H groups in total. The quantitative estimate of drug-likeness (QED) is 0.514. The van der Waals surface area contributed by atoms with Crippen LogP contribution < -0.4 is 20.3 Å². The molecular formula is C23H24N4O2S2. The number of rotatable bonds is 6. The first-order valence-electron chi connectivity index (χ1n) is 10.1. The Morgan fingerprint density at radius 2 is 2.13 bits per heavy atom. The van der Waals surface area contributed by atoms with Crippen LogP contribution in [0.25, 0.3) is 0 Å². The van der Waals surface area contributed by atoms with E-state index >= 15 is 0 Å². The van der Waals surface area contributed by atoms with Gasteiger partial charge in [-0.25, -0.2) is 0 Å². The van der Waals surface area contributed by atoms with Crippen molar-refractivity contribution >= 4 is 45.9 Å². The Morgan fingerprint density at radius 1 is 1.29 bits per heavy atom. The molecule has 31 heavy (non-hydrogen) atoms. The monoisotopic (exact) mass is 452 g/mol. The maximum absolute atomic E-state index is 11.9. The zero-order valence-corrected chi connectivity index (χ0v) is 19.2. The third kappa shape index (κ3) is 4.26. The van der Waals surface area contributed by atoms with Crippen LogP contribution in [0.4, 0.5) is 11.4 Å². The van der Waals surface area contributed by atoms with E-state index in [2.05, 4.69) is 39.6 Å². The molecule has 1 aliphatic rings. The number of aromatic nitrogens is 1. The normalized spacial score (nSPS) is 18.0. The average molecular weight is 453 g/mol. The van der Waals surface area contributed by atoms with E-state index in [0.717, 1.165) is 11.4 Å². The molecule has 2 atom stereocenters. The van der Waals surface area contributed by atoms with Gasteiger partial charge < -0.3 is 20.3 Å². The summed E-state index contributed by atoms with van der Waals surface area (Å²) in [5.41, 5.74) is 2.46. The first-order chi connectivity index (χ1) is 15.0. The van der Waals surface area contributed by atoms with Crippen LogP contribution in [0.5, 0.6) is 5.75 Å². The van der Waals surface area contributed by atoms with Crippen LogP contribution in [0, 0.1) is 6.92 Å². The first kappa shape index (κ1) is 21.3. The highest BCUT2D eigenvalue weighted by Crippen LogP contribution is 2.44. The Labute approximate surface area is 191 Å². The predicted molar refractivity (Wildman–Crippen MR) is 129 cm³/mol. The third-order valence-electron chi connectivity index (χ3n) is 5.21. The zero-order chi connectivity index (χ0) is 22.0. The van der Waals surface area contributed by atoms with Crippen LogP contribution in [-0.2, 0) is 4.79 Å². The fraction of sp³-hybridized carbons (Fsp3) is 0.261. The van der Waals surface area contributed by atoms with Gasteiger partial charge in [-0.3, -0.25) is 9.78 Å². The van der Waals surface area contributed by atoms with Gasteiger partial charge in [0.05, 0.1) is 30.6 Å². The van der Waals surface area contributed by atoms with Gasteiger partial charge in [0.15, 0.2) is 5.11 Å². The summed E-state index contributed by atoms with van der Waals surface area (Å²) in [6.07, 6.45) is 2.20. The molecule has 1 fully saturated rings. The SMILES string of the molecule is CCC(=O)Nc1ccc(N2C(=S)NC(c3ccccn3)C2c2ccc(C)s2)cc1OC. The highest BCUT2D eigenvalue weighted by atomic mass is 32.1. The molecule has 3 heterocycles. The first-order valence-corrected chi connectivity index (χ1v) is 11.3. The van der Waals surface area contributed by atoms with E-state index in [0.29, 0.717) is 23.0 Å². The minimum Gasteiger partial charge on any atom is -0.494 e. The Kier molecular flexibility index (Phi) is 6.20. The largest absolute Gasteiger partial charge is 0.494 e. The minimum absolute atomic E-state index is 0.0538. The molecule has 3 aromatic rings. The highest BCUT2D eigenvalue weighted by molar-refractivity contribution is 7.80. The number of hydrogen-bond donors (Lipinski definition) is 2. The molecule has 2 aromatic heterocycles. The topological polar surface area (TPSA) is 66.5 Å². The molecule has 8 heteroatoms. The molecule has 160 valence electrons. The van der Waals surface area contributed by atoms with Gasteiger partial charge in [0, 0.05) is 34.1 Å². The van der Waals surface area contributed by atoms with Gasteiger partial charge in [-0.15, -0.1) is 11.3 Å². The standard InChI is InChI=1S/C23H24N4O2S2/c1-4-20(28)25-16-10-9-15(13-18(16)29-3)27-22(19-11-8-14(2)31-19)21(26-23(27)30)17-7-5-6-12-24-17/h5-13,21-22H,4H2,1-3H3,(H,25,28)(H,26,30). The molecule has 1 amide bonds. The average Bonchev–Trinajstić information content (AvgIpc) is 3.37. The van der Waals surface area contributed by atoms with Gasteiger partial charge in [0.2, 0.25) is 5.91 Å². The smallest absolute Gasteiger partial charge is 0.224 e. The molecule has 0 saturated carbocycles. The van der Waals surface area contributed by atoms with E-state index < -0.39 is 0 Å². The van der Waals surface area contributed by atoms with Gasteiger partial charge in [-0.1, -0.05) is 13.0 Å². The van der Waals surface area contributed by atoms with Crippen molar-refractivity contribution in [1.82, 2.24) is 10.3 Å². The summed E-state index contributed by atoms with van der Waals surface area (Å²) in [4.78, 5) is 21.0. The van der Waals surface area contributed by atoms with Crippen molar-refractivity contribution in [2.24, 2.45) is 0 Å². The number of thiophene rings is 1. The number of methoxy groups -OCH3 is 1. The predicted octanol–water partition coefficient (Wildman–Crippen LogP) is 4.99. The molecule has 0 radical (unpaired) electrons. The Hall–Kier alpha value is -2.97. The molecule has 1 saturated heterocycles. The van der Waals surface area contributed by atoms with Crippen LogP contribution in [0.1, 0.15) is 40.9 Å². The number of ether oxygens (including phenoxy) is 1. The molecule has 0 spiro atoms. The van der Waals surface area contributed by atoms with Crippen molar-refractivity contribution in [2.45, 2.75) is 32.4 Å². The van der Waals surface area contributed by atoms with Crippen LogP contribution in [-0.4, -0.2) is 23.1 Å². The zero-order valence-electron chi connectivity index (χ0n) is 17.6. The summed E-state index contributed by atoms with van der Waals surface area (Å²) in [6, 6.07) is 15.8. The van der Waals surface area contributed by atoms with Crippen molar-refractivity contribution in [3.8, 4) is 5.75 Å². The lowest BCUT2D eigenvalue weighted by Gasteiger charge is -2.27. The second-order valence-corrected chi connectivity index (χ2v) is 8.94. The Balaban J connectivity index is 1.76. The van der Waals surface area contributed by atoms with E-state index in [1.54, 1.807) is 24.6 Å². The summed E-state index contributed by atoms with van der Waals surface area (Å²) < 4.78 is 5.57. The summed E-state index contributed by atoms with van der Waals surface area (Å²) in [6.45, 7) is 3.92. The van der Waals surface area contributed by atoms with Gasteiger partial charge in [-0.05, 0) is 55.5 Å². The highest BCUT2D eigenvalue weighted by Gasteiger charge is 2.41. The van der Waals surface area contributed by atoms with E-state index in [1.807, 2.05) is 43.3 Å². The van der Waals surface area contributed by atoms with Crippen LogP contribution in [0.2, 0.25) is 0 Å². The Bertz CT molecular complexity index is 1100. The number of pyridine rings is 1. The maximum Gasteiger partial charge on any atom is 0.224 e. The van der Waals surface area contributed by atoms with Crippen molar-refractivity contribution in [3.63, 3.8) is 0 Å². The number of carbonyl (C=O) groups is 1. The second-order valence-electron chi connectivity index (χ2n) is 7.23. The second kappa shape index (κ2) is 9.03. The molecule has 0 aliphatic carbocycles. The van der Waals surface area contributed by atoms with Crippen LogP contribution in [0.15, 0.2) is 54.7 Å². The molecule has 0 bridgehead atoms. The van der Waals surface area contributed by atoms with Crippen molar-refractivity contribution < 1.29 is 9.53 Å². The number of nitrogens with one attached hydrogen (secondary N) is 2. The van der Waals surface area contributed by atoms with Crippen LogP contribution >= 0.6 is 23.6 Å². The Morgan fingerprint density at radius 3 is 2.77 bits per heavy atom. The van der Waals surface area contributed by atoms with Crippen molar-refractivity contribution in [3.05, 3.63) is 70.2 Å².